The fourth-order valence-electron chi connectivity index (χ4n) is 2.76. The Morgan fingerprint density at radius 2 is 1.30 bits per heavy atom. The van der Waals surface area contributed by atoms with Gasteiger partial charge in [-0.15, -0.1) is 13.2 Å². The van der Waals surface area contributed by atoms with Crippen molar-refractivity contribution in [2.75, 3.05) is 35.9 Å². The zero-order valence-electron chi connectivity index (χ0n) is 19.5. The molecule has 1 aliphatic rings. The van der Waals surface area contributed by atoms with Crippen molar-refractivity contribution in [3.63, 3.8) is 0 Å². The van der Waals surface area contributed by atoms with Crippen LogP contribution in [0.2, 0.25) is 0 Å². The van der Waals surface area contributed by atoms with Crippen LogP contribution in [-0.2, 0) is 5.41 Å². The van der Waals surface area contributed by atoms with E-state index in [0.29, 0.717) is 11.4 Å². The number of alkyl halides is 3. The maximum absolute atomic E-state index is 12.4. The Labute approximate surface area is 164 Å². The van der Waals surface area contributed by atoms with Gasteiger partial charge >= 0.3 is 6.36 Å². The van der Waals surface area contributed by atoms with Gasteiger partial charge in [-0.2, -0.15) is 0 Å². The minimum atomic E-state index is -4.80. The number of hydrogen-bond acceptors (Lipinski definition) is 3. The van der Waals surface area contributed by atoms with E-state index in [1.807, 2.05) is 12.1 Å². The highest BCUT2D eigenvalue weighted by molar-refractivity contribution is 5.53. The summed E-state index contributed by atoms with van der Waals surface area (Å²) in [6, 6.07) is 12.2. The Bertz CT molecular complexity index is 892. The summed E-state index contributed by atoms with van der Waals surface area (Å²) in [5.41, 5.74) is 1.80. The van der Waals surface area contributed by atoms with Crippen molar-refractivity contribution in [1.29, 1.82) is 0 Å². The fraction of sp³-hybridized carbons (Fsp3) is 0.429. The van der Waals surface area contributed by atoms with Crippen molar-refractivity contribution in [2.24, 2.45) is 0 Å². The van der Waals surface area contributed by atoms with Crippen molar-refractivity contribution in [3.05, 3.63) is 54.1 Å². The number of anilines is 2. The lowest BCUT2D eigenvalue weighted by atomic mass is 9.87. The molecule has 27 heavy (non-hydrogen) atoms. The minimum absolute atomic E-state index is 0.0861. The maximum atomic E-state index is 12.4. The molecule has 0 radical (unpaired) electrons. The topological polar surface area (TPSA) is 15.7 Å². The van der Waals surface area contributed by atoms with Crippen LogP contribution in [0, 0.1) is 0 Å². The van der Waals surface area contributed by atoms with Gasteiger partial charge in [0.15, 0.2) is 0 Å². The quantitative estimate of drug-likeness (QED) is 0.725. The zero-order valence-corrected chi connectivity index (χ0v) is 15.5. The van der Waals surface area contributed by atoms with Gasteiger partial charge in [-0.05, 0) is 47.4 Å². The Kier molecular flexibility index (Phi) is 3.98. The molecule has 0 atom stereocenters. The van der Waals surface area contributed by atoms with Crippen molar-refractivity contribution >= 4 is 11.4 Å². The second-order valence-corrected chi connectivity index (χ2v) is 7.35. The first-order chi connectivity index (χ1) is 14.1. The molecule has 0 saturated carbocycles. The van der Waals surface area contributed by atoms with Crippen LogP contribution in [0.25, 0.3) is 0 Å². The van der Waals surface area contributed by atoms with Gasteiger partial charge in [0.1, 0.15) is 5.75 Å². The Balaban J connectivity index is 1.84. The van der Waals surface area contributed by atoms with Gasteiger partial charge < -0.3 is 14.5 Å². The predicted molar refractivity (Wildman–Crippen MR) is 103 cm³/mol. The molecule has 0 spiro atoms. The van der Waals surface area contributed by atoms with Crippen LogP contribution in [0.1, 0.15) is 31.8 Å². The molecule has 1 saturated heterocycles. The first kappa shape index (κ1) is 14.7. The molecular weight excluding hydrogens is 353 g/mol. The number of nitrogens with zero attached hydrogens (tertiary/aromatic N) is 2. The van der Waals surface area contributed by atoms with E-state index in [1.165, 1.54) is 17.0 Å². The summed E-state index contributed by atoms with van der Waals surface area (Å²) in [5, 5.41) is 0. The van der Waals surface area contributed by atoms with Gasteiger partial charge in [-0.3, -0.25) is 0 Å². The van der Waals surface area contributed by atoms with E-state index >= 15 is 0 Å². The average Bonchev–Trinajstić information content (AvgIpc) is 2.58. The van der Waals surface area contributed by atoms with Crippen LogP contribution in [0.5, 0.6) is 5.75 Å². The average molecular weight is 382 g/mol. The third kappa shape index (κ3) is 5.08. The molecule has 0 bridgehead atoms. The van der Waals surface area contributed by atoms with E-state index in [4.69, 9.17) is 5.48 Å². The van der Waals surface area contributed by atoms with E-state index in [9.17, 15) is 13.2 Å². The molecule has 6 heteroatoms. The van der Waals surface area contributed by atoms with Crippen molar-refractivity contribution < 1.29 is 23.4 Å². The minimum Gasteiger partial charge on any atom is -0.406 e. The molecule has 1 aliphatic heterocycles. The van der Waals surface area contributed by atoms with Crippen molar-refractivity contribution in [1.82, 2.24) is 0 Å². The SMILES string of the molecule is [2H]C1([2H])CN(c2ccc(OC(F)(F)F)cc2)CC([2H])([2H])N1c1ccc(C(C)(C)C)cc1. The number of halogens is 3. The maximum Gasteiger partial charge on any atom is 0.573 e. The molecule has 3 rings (SSSR count). The van der Waals surface area contributed by atoms with E-state index in [-0.39, 0.29) is 24.3 Å². The highest BCUT2D eigenvalue weighted by Gasteiger charge is 2.31. The molecule has 0 aromatic heterocycles. The summed E-state index contributed by atoms with van der Waals surface area (Å²) >= 11 is 0. The van der Waals surface area contributed by atoms with Gasteiger partial charge in [-0.25, -0.2) is 0 Å². The molecule has 3 nitrogen and oxygen atoms in total. The highest BCUT2D eigenvalue weighted by atomic mass is 19.4. The van der Waals surface area contributed by atoms with E-state index < -0.39 is 19.4 Å². The third-order valence-corrected chi connectivity index (χ3v) is 4.27. The Hall–Kier alpha value is -2.37. The van der Waals surface area contributed by atoms with Gasteiger partial charge in [0, 0.05) is 37.5 Å². The van der Waals surface area contributed by atoms with Crippen LogP contribution in [0.3, 0.4) is 0 Å². The molecule has 0 aliphatic carbocycles. The van der Waals surface area contributed by atoms with Crippen molar-refractivity contribution in [3.8, 4) is 5.75 Å². The number of rotatable bonds is 3. The summed E-state index contributed by atoms with van der Waals surface area (Å²) in [4.78, 5) is 2.61. The van der Waals surface area contributed by atoms with Gasteiger partial charge in [0.25, 0.3) is 0 Å². The lowest BCUT2D eigenvalue weighted by Crippen LogP contribution is -2.46. The molecule has 1 heterocycles. The third-order valence-electron chi connectivity index (χ3n) is 4.27. The molecule has 2 aromatic carbocycles. The van der Waals surface area contributed by atoms with Gasteiger partial charge in [-0.1, -0.05) is 32.9 Å². The zero-order chi connectivity index (χ0) is 23.2. The van der Waals surface area contributed by atoms with Crippen LogP contribution in [0.4, 0.5) is 24.5 Å². The first-order valence-electron chi connectivity index (χ1n) is 10.6. The van der Waals surface area contributed by atoms with Crippen LogP contribution in [-0.4, -0.2) is 32.4 Å². The largest absolute Gasteiger partial charge is 0.573 e. The van der Waals surface area contributed by atoms with Crippen molar-refractivity contribution in [2.45, 2.75) is 32.5 Å². The van der Waals surface area contributed by atoms with E-state index in [2.05, 4.69) is 25.5 Å². The number of benzene rings is 2. The second-order valence-electron chi connectivity index (χ2n) is 7.35. The normalized spacial score (nSPS) is 21.7. The molecular formula is C21H25F3N2O. The van der Waals surface area contributed by atoms with Crippen LogP contribution < -0.4 is 14.5 Å². The molecule has 0 amide bonds. The number of piperazine rings is 1. The Morgan fingerprint density at radius 3 is 1.78 bits per heavy atom. The summed E-state index contributed by atoms with van der Waals surface area (Å²) in [7, 11) is 0. The van der Waals surface area contributed by atoms with Crippen LogP contribution >= 0.6 is 0 Å². The summed E-state index contributed by atoms with van der Waals surface area (Å²) < 4.78 is 75.1. The molecule has 1 fully saturated rings. The number of hydrogen-bond donors (Lipinski definition) is 0. The molecule has 146 valence electrons. The molecule has 2 aromatic rings. The van der Waals surface area contributed by atoms with Gasteiger partial charge in [0.05, 0.1) is 5.48 Å². The summed E-state index contributed by atoms with van der Waals surface area (Å²) in [6.45, 7) is 1.73. The molecule has 0 N–H and O–H groups in total. The summed E-state index contributed by atoms with van der Waals surface area (Å²) in [6.07, 6.45) is -4.80. The molecule has 0 unspecified atom stereocenters. The first-order valence-corrected chi connectivity index (χ1v) is 8.60. The van der Waals surface area contributed by atoms with E-state index in [0.717, 1.165) is 22.6 Å². The van der Waals surface area contributed by atoms with E-state index in [1.54, 1.807) is 12.1 Å². The fourth-order valence-corrected chi connectivity index (χ4v) is 2.76. The lowest BCUT2D eigenvalue weighted by molar-refractivity contribution is -0.274. The standard InChI is InChI=1S/C21H25F3N2O/c1-20(2,3)16-4-6-17(7-5-16)25-12-14-26(15-13-25)18-8-10-19(11-9-18)27-21(22,23)24/h4-11H,12-15H2,1-3H3/i12D2,13D2. The highest BCUT2D eigenvalue weighted by Crippen LogP contribution is 2.28. The monoisotopic (exact) mass is 382 g/mol. The second kappa shape index (κ2) is 7.33. The lowest BCUT2D eigenvalue weighted by Gasteiger charge is -2.37. The van der Waals surface area contributed by atoms with Crippen LogP contribution in [0.15, 0.2) is 48.5 Å². The Morgan fingerprint density at radius 1 is 0.815 bits per heavy atom. The predicted octanol–water partition coefficient (Wildman–Crippen LogP) is 5.21. The smallest absolute Gasteiger partial charge is 0.406 e. The summed E-state index contributed by atoms with van der Waals surface area (Å²) in [5.74, 6) is -0.389. The van der Waals surface area contributed by atoms with Gasteiger partial charge in [0.2, 0.25) is 0 Å². The number of ether oxygens (including phenoxy) is 1.